The molecule has 132 valence electrons. The van der Waals surface area contributed by atoms with Gasteiger partial charge in [0.2, 0.25) is 5.91 Å². The number of benzene rings is 2. The molecule has 2 aromatic rings. The first kappa shape index (κ1) is 18.9. The van der Waals surface area contributed by atoms with E-state index in [0.29, 0.717) is 5.56 Å². The maximum Gasteiger partial charge on any atom is 0.230 e. The predicted molar refractivity (Wildman–Crippen MR) is 103 cm³/mol. The molecule has 3 heteroatoms. The fourth-order valence-electron chi connectivity index (χ4n) is 3.19. The van der Waals surface area contributed by atoms with Gasteiger partial charge in [0, 0.05) is 17.6 Å². The van der Waals surface area contributed by atoms with E-state index in [4.69, 9.17) is 0 Å². The highest BCUT2D eigenvalue weighted by atomic mass is 16.2. The Balaban J connectivity index is 2.20. The molecule has 0 saturated carbocycles. The van der Waals surface area contributed by atoms with Gasteiger partial charge in [0.1, 0.15) is 6.29 Å². The summed E-state index contributed by atoms with van der Waals surface area (Å²) < 4.78 is 0. The van der Waals surface area contributed by atoms with Crippen LogP contribution in [0, 0.1) is 0 Å². The molecule has 1 atom stereocenters. The van der Waals surface area contributed by atoms with Gasteiger partial charge >= 0.3 is 0 Å². The van der Waals surface area contributed by atoms with Crippen LogP contribution in [0.3, 0.4) is 0 Å². The van der Waals surface area contributed by atoms with Crippen LogP contribution in [0.25, 0.3) is 11.1 Å². The van der Waals surface area contributed by atoms with E-state index in [-0.39, 0.29) is 23.9 Å². The summed E-state index contributed by atoms with van der Waals surface area (Å²) in [7, 11) is 0. The first-order valence-electron chi connectivity index (χ1n) is 8.83. The van der Waals surface area contributed by atoms with E-state index >= 15 is 0 Å². The monoisotopic (exact) mass is 337 g/mol. The number of aldehydes is 1. The number of rotatable bonds is 6. The Kier molecular flexibility index (Phi) is 6.13. The summed E-state index contributed by atoms with van der Waals surface area (Å²) in [6.07, 6.45) is 0.843. The number of hydrogen-bond donors (Lipinski definition) is 0. The molecule has 0 radical (unpaired) electrons. The van der Waals surface area contributed by atoms with Crippen LogP contribution >= 0.6 is 0 Å². The van der Waals surface area contributed by atoms with Crippen molar-refractivity contribution in [1.29, 1.82) is 0 Å². The Morgan fingerprint density at radius 2 is 1.24 bits per heavy atom. The number of nitrogens with zero attached hydrogens (tertiary/aromatic N) is 1. The molecule has 25 heavy (non-hydrogen) atoms. The van der Waals surface area contributed by atoms with Crippen molar-refractivity contribution in [3.05, 3.63) is 59.7 Å². The van der Waals surface area contributed by atoms with E-state index in [1.807, 2.05) is 60.4 Å². The van der Waals surface area contributed by atoms with Gasteiger partial charge in [-0.1, -0.05) is 48.5 Å². The highest BCUT2D eigenvalue weighted by Crippen LogP contribution is 2.25. The van der Waals surface area contributed by atoms with Crippen molar-refractivity contribution in [1.82, 2.24) is 4.90 Å². The first-order chi connectivity index (χ1) is 11.8. The molecule has 0 N–H and O–H groups in total. The van der Waals surface area contributed by atoms with Crippen LogP contribution in [0.15, 0.2) is 48.5 Å². The van der Waals surface area contributed by atoms with Gasteiger partial charge in [-0.3, -0.25) is 9.59 Å². The Hall–Kier alpha value is -2.42. The van der Waals surface area contributed by atoms with Crippen LogP contribution in [-0.2, 0) is 4.79 Å². The third-order valence-electron chi connectivity index (χ3n) is 4.53. The van der Waals surface area contributed by atoms with Crippen LogP contribution in [0.4, 0.5) is 0 Å². The summed E-state index contributed by atoms with van der Waals surface area (Å²) in [5.41, 5.74) is 3.82. The SMILES string of the molecule is CC(C(=O)N(C(C)C)C(C)C)c1ccc(-c2ccc(C=O)cc2)cc1. The second-order valence-electron chi connectivity index (χ2n) is 7.02. The molecular formula is C22H27NO2. The lowest BCUT2D eigenvalue weighted by atomic mass is 9.95. The van der Waals surface area contributed by atoms with Crippen molar-refractivity contribution >= 4 is 12.2 Å². The molecule has 0 aliphatic carbocycles. The summed E-state index contributed by atoms with van der Waals surface area (Å²) in [4.78, 5) is 25.5. The number of carbonyl (C=O) groups excluding carboxylic acids is 2. The second kappa shape index (κ2) is 8.11. The maximum absolute atomic E-state index is 12.8. The third kappa shape index (κ3) is 4.36. The number of amides is 1. The molecule has 0 aliphatic heterocycles. The Morgan fingerprint density at radius 1 is 0.800 bits per heavy atom. The molecule has 0 heterocycles. The molecular weight excluding hydrogens is 310 g/mol. The quantitative estimate of drug-likeness (QED) is 0.702. The van der Waals surface area contributed by atoms with Gasteiger partial charge in [-0.05, 0) is 51.3 Å². The molecule has 3 nitrogen and oxygen atoms in total. The minimum Gasteiger partial charge on any atom is -0.337 e. The molecule has 0 bridgehead atoms. The van der Waals surface area contributed by atoms with Crippen molar-refractivity contribution in [3.8, 4) is 11.1 Å². The van der Waals surface area contributed by atoms with Gasteiger partial charge in [0.15, 0.2) is 0 Å². The van der Waals surface area contributed by atoms with Crippen molar-refractivity contribution in [3.63, 3.8) is 0 Å². The predicted octanol–water partition coefficient (Wildman–Crippen LogP) is 4.92. The zero-order chi connectivity index (χ0) is 18.6. The summed E-state index contributed by atoms with van der Waals surface area (Å²) in [5, 5.41) is 0. The molecule has 2 aromatic carbocycles. The average molecular weight is 337 g/mol. The first-order valence-corrected chi connectivity index (χ1v) is 8.83. The van der Waals surface area contributed by atoms with E-state index < -0.39 is 0 Å². The molecule has 0 fully saturated rings. The third-order valence-corrected chi connectivity index (χ3v) is 4.53. The normalized spacial score (nSPS) is 12.3. The van der Waals surface area contributed by atoms with E-state index in [1.165, 1.54) is 0 Å². The number of hydrogen-bond acceptors (Lipinski definition) is 2. The zero-order valence-corrected chi connectivity index (χ0v) is 15.7. The van der Waals surface area contributed by atoms with Crippen molar-refractivity contribution in [2.24, 2.45) is 0 Å². The molecule has 0 aromatic heterocycles. The lowest BCUT2D eigenvalue weighted by molar-refractivity contribution is -0.136. The van der Waals surface area contributed by atoms with Crippen LogP contribution in [0.2, 0.25) is 0 Å². The van der Waals surface area contributed by atoms with E-state index in [2.05, 4.69) is 27.7 Å². The van der Waals surface area contributed by atoms with Gasteiger partial charge in [-0.15, -0.1) is 0 Å². The smallest absolute Gasteiger partial charge is 0.230 e. The summed E-state index contributed by atoms with van der Waals surface area (Å²) in [6.45, 7) is 10.2. The van der Waals surface area contributed by atoms with Crippen LogP contribution < -0.4 is 0 Å². The van der Waals surface area contributed by atoms with E-state index in [0.717, 1.165) is 23.0 Å². The highest BCUT2D eigenvalue weighted by Gasteiger charge is 2.25. The minimum absolute atomic E-state index is 0.160. The minimum atomic E-state index is -0.170. The summed E-state index contributed by atoms with van der Waals surface area (Å²) >= 11 is 0. The van der Waals surface area contributed by atoms with Gasteiger partial charge < -0.3 is 4.90 Å². The number of carbonyl (C=O) groups is 2. The lowest BCUT2D eigenvalue weighted by Crippen LogP contribution is -2.44. The lowest BCUT2D eigenvalue weighted by Gasteiger charge is -2.33. The summed E-state index contributed by atoms with van der Waals surface area (Å²) in [6, 6.07) is 16.0. The van der Waals surface area contributed by atoms with Crippen molar-refractivity contribution in [2.45, 2.75) is 52.6 Å². The Morgan fingerprint density at radius 3 is 1.64 bits per heavy atom. The second-order valence-corrected chi connectivity index (χ2v) is 7.02. The summed E-state index contributed by atoms with van der Waals surface area (Å²) in [5.74, 6) is -0.00984. The highest BCUT2D eigenvalue weighted by molar-refractivity contribution is 5.84. The zero-order valence-electron chi connectivity index (χ0n) is 15.7. The molecule has 0 aliphatic rings. The van der Waals surface area contributed by atoms with E-state index in [9.17, 15) is 9.59 Å². The van der Waals surface area contributed by atoms with Gasteiger partial charge in [-0.25, -0.2) is 0 Å². The largest absolute Gasteiger partial charge is 0.337 e. The van der Waals surface area contributed by atoms with Crippen LogP contribution in [0.1, 0.15) is 56.5 Å². The molecule has 2 rings (SSSR count). The molecule has 0 spiro atoms. The molecule has 1 amide bonds. The Labute approximate surface area is 150 Å². The van der Waals surface area contributed by atoms with Crippen molar-refractivity contribution < 1.29 is 9.59 Å². The molecule has 1 unspecified atom stereocenters. The fraction of sp³-hybridized carbons (Fsp3) is 0.364. The van der Waals surface area contributed by atoms with Gasteiger partial charge in [0.05, 0.1) is 5.92 Å². The Bertz CT molecular complexity index is 707. The van der Waals surface area contributed by atoms with Gasteiger partial charge in [0.25, 0.3) is 0 Å². The standard InChI is InChI=1S/C22H27NO2/c1-15(2)23(16(3)4)22(25)17(5)19-10-12-21(13-11-19)20-8-6-18(14-24)7-9-20/h6-17H,1-5H3. The van der Waals surface area contributed by atoms with Crippen LogP contribution in [-0.4, -0.2) is 29.2 Å². The van der Waals surface area contributed by atoms with Crippen molar-refractivity contribution in [2.75, 3.05) is 0 Å². The van der Waals surface area contributed by atoms with Gasteiger partial charge in [-0.2, -0.15) is 0 Å². The topological polar surface area (TPSA) is 37.4 Å². The fourth-order valence-corrected chi connectivity index (χ4v) is 3.19. The van der Waals surface area contributed by atoms with E-state index in [1.54, 1.807) is 0 Å². The molecule has 0 saturated heterocycles. The maximum atomic E-state index is 12.8. The average Bonchev–Trinajstić information content (AvgIpc) is 2.60. The van der Waals surface area contributed by atoms with Crippen LogP contribution in [0.5, 0.6) is 0 Å².